The van der Waals surface area contributed by atoms with Crippen molar-refractivity contribution in [3.63, 3.8) is 0 Å². The van der Waals surface area contributed by atoms with E-state index in [-0.39, 0.29) is 0 Å². The lowest BCUT2D eigenvalue weighted by Gasteiger charge is -2.28. The minimum absolute atomic E-state index is 0.750. The Balaban J connectivity index is 1.87. The van der Waals surface area contributed by atoms with Gasteiger partial charge in [-0.3, -0.25) is 0 Å². The van der Waals surface area contributed by atoms with E-state index in [9.17, 15) is 0 Å². The van der Waals surface area contributed by atoms with Crippen LogP contribution < -0.4 is 5.32 Å². The third kappa shape index (κ3) is 3.19. The van der Waals surface area contributed by atoms with Crippen LogP contribution in [0.4, 0.5) is 0 Å². The molecule has 0 spiro atoms. The number of nitrogens with zero attached hydrogens (tertiary/aromatic N) is 2. The second-order valence-corrected chi connectivity index (χ2v) is 5.96. The zero-order chi connectivity index (χ0) is 13.8. The van der Waals surface area contributed by atoms with Crippen molar-refractivity contribution >= 4 is 0 Å². The van der Waals surface area contributed by atoms with Crippen molar-refractivity contribution in [3.8, 4) is 6.07 Å². The molecule has 0 bridgehead atoms. The summed E-state index contributed by atoms with van der Waals surface area (Å²) < 4.78 is 1.97. The van der Waals surface area contributed by atoms with Crippen molar-refractivity contribution in [1.29, 1.82) is 5.26 Å². The Morgan fingerprint density at radius 1 is 1.42 bits per heavy atom. The molecule has 0 aliphatic heterocycles. The molecule has 2 atom stereocenters. The zero-order valence-electron chi connectivity index (χ0n) is 12.4. The van der Waals surface area contributed by atoms with Crippen molar-refractivity contribution in [1.82, 2.24) is 9.88 Å². The molecular weight excluding hydrogens is 234 g/mol. The van der Waals surface area contributed by atoms with Crippen LogP contribution in [0.5, 0.6) is 0 Å². The van der Waals surface area contributed by atoms with E-state index in [0.717, 1.165) is 30.6 Å². The highest BCUT2D eigenvalue weighted by atomic mass is 15.0. The van der Waals surface area contributed by atoms with Crippen LogP contribution in [0.25, 0.3) is 0 Å². The molecule has 19 heavy (non-hydrogen) atoms. The molecule has 3 nitrogen and oxygen atoms in total. The minimum Gasteiger partial charge on any atom is -0.340 e. The van der Waals surface area contributed by atoms with Crippen molar-refractivity contribution < 1.29 is 0 Å². The van der Waals surface area contributed by atoms with Gasteiger partial charge in [0.15, 0.2) is 0 Å². The average molecular weight is 259 g/mol. The van der Waals surface area contributed by atoms with Crippen LogP contribution >= 0.6 is 0 Å². The molecule has 1 aromatic rings. The fraction of sp³-hybridized carbons (Fsp3) is 0.688. The Bertz CT molecular complexity index is 467. The van der Waals surface area contributed by atoms with E-state index in [0.29, 0.717) is 0 Å². The monoisotopic (exact) mass is 259 g/mol. The molecule has 1 saturated carbocycles. The fourth-order valence-electron chi connectivity index (χ4n) is 3.14. The third-order valence-corrected chi connectivity index (χ3v) is 4.77. The first kappa shape index (κ1) is 14.1. The lowest BCUT2D eigenvalue weighted by molar-refractivity contribution is 0.247. The second-order valence-electron chi connectivity index (χ2n) is 5.96. The maximum atomic E-state index is 9.03. The summed E-state index contributed by atoms with van der Waals surface area (Å²) in [5, 5.41) is 12.6. The Kier molecular flexibility index (Phi) is 4.66. The molecule has 1 aliphatic rings. The standard InChI is InChI=1S/C16H25N3/c1-12-6-4-5-7-14(12)10-18-11-15-8-16(9-17)19(3)13(15)2/h8,12,14,18H,4-7,10-11H2,1-3H3. The van der Waals surface area contributed by atoms with Crippen molar-refractivity contribution in [3.05, 3.63) is 23.0 Å². The highest BCUT2D eigenvalue weighted by Gasteiger charge is 2.20. The largest absolute Gasteiger partial charge is 0.340 e. The summed E-state index contributed by atoms with van der Waals surface area (Å²) in [5.41, 5.74) is 3.20. The van der Waals surface area contributed by atoms with Crippen LogP contribution in [0.1, 0.15) is 49.6 Å². The van der Waals surface area contributed by atoms with Crippen LogP contribution in [-0.4, -0.2) is 11.1 Å². The molecule has 1 N–H and O–H groups in total. The molecule has 3 heteroatoms. The quantitative estimate of drug-likeness (QED) is 0.902. The van der Waals surface area contributed by atoms with E-state index in [1.165, 1.54) is 36.9 Å². The lowest BCUT2D eigenvalue weighted by Crippen LogP contribution is -2.29. The fourth-order valence-corrected chi connectivity index (χ4v) is 3.14. The number of hydrogen-bond acceptors (Lipinski definition) is 2. The third-order valence-electron chi connectivity index (χ3n) is 4.77. The first-order valence-electron chi connectivity index (χ1n) is 7.39. The first-order chi connectivity index (χ1) is 9.13. The molecule has 2 unspecified atom stereocenters. The summed E-state index contributed by atoms with van der Waals surface area (Å²) in [4.78, 5) is 0. The van der Waals surface area contributed by atoms with Crippen LogP contribution in [0.3, 0.4) is 0 Å². The lowest BCUT2D eigenvalue weighted by atomic mass is 9.80. The molecule has 0 aromatic carbocycles. The van der Waals surface area contributed by atoms with E-state index in [1.54, 1.807) is 0 Å². The van der Waals surface area contributed by atoms with Crippen molar-refractivity contribution in [2.24, 2.45) is 18.9 Å². The topological polar surface area (TPSA) is 40.8 Å². The van der Waals surface area contributed by atoms with Crippen molar-refractivity contribution in [2.45, 2.75) is 46.1 Å². The molecule has 2 rings (SSSR count). The number of nitriles is 1. The maximum Gasteiger partial charge on any atom is 0.120 e. The van der Waals surface area contributed by atoms with Crippen LogP contribution in [0.2, 0.25) is 0 Å². The smallest absolute Gasteiger partial charge is 0.120 e. The Labute approximate surface area is 116 Å². The summed E-state index contributed by atoms with van der Waals surface area (Å²) in [6, 6.07) is 4.25. The SMILES string of the molecule is Cc1c(CNCC2CCCCC2C)cc(C#N)n1C. The molecule has 104 valence electrons. The summed E-state index contributed by atoms with van der Waals surface area (Å²) in [6.07, 6.45) is 5.54. The van der Waals surface area contributed by atoms with Gasteiger partial charge in [-0.25, -0.2) is 0 Å². The van der Waals surface area contributed by atoms with Gasteiger partial charge in [0.1, 0.15) is 11.8 Å². The van der Waals surface area contributed by atoms with Gasteiger partial charge in [-0.05, 0) is 43.4 Å². The summed E-state index contributed by atoms with van der Waals surface area (Å²) in [7, 11) is 1.96. The predicted molar refractivity (Wildman–Crippen MR) is 77.7 cm³/mol. The Hall–Kier alpha value is -1.27. The van der Waals surface area contributed by atoms with Gasteiger partial charge in [0.05, 0.1) is 0 Å². The number of nitrogens with one attached hydrogen (secondary N) is 1. The van der Waals surface area contributed by atoms with E-state index in [4.69, 9.17) is 5.26 Å². The van der Waals surface area contributed by atoms with E-state index in [1.807, 2.05) is 17.7 Å². The van der Waals surface area contributed by atoms with Crippen molar-refractivity contribution in [2.75, 3.05) is 6.54 Å². The van der Waals surface area contributed by atoms with Gasteiger partial charge in [-0.1, -0.05) is 26.2 Å². The highest BCUT2D eigenvalue weighted by molar-refractivity contribution is 5.34. The molecule has 0 amide bonds. The molecule has 1 heterocycles. The summed E-state index contributed by atoms with van der Waals surface area (Å²) >= 11 is 0. The first-order valence-corrected chi connectivity index (χ1v) is 7.39. The van der Waals surface area contributed by atoms with E-state index in [2.05, 4.69) is 25.2 Å². The molecular formula is C16H25N3. The minimum atomic E-state index is 0.750. The van der Waals surface area contributed by atoms with Crippen LogP contribution in [-0.2, 0) is 13.6 Å². The van der Waals surface area contributed by atoms with E-state index >= 15 is 0 Å². The van der Waals surface area contributed by atoms with Gasteiger partial charge < -0.3 is 9.88 Å². The van der Waals surface area contributed by atoms with Gasteiger partial charge in [-0.15, -0.1) is 0 Å². The number of rotatable bonds is 4. The molecule has 1 fully saturated rings. The number of hydrogen-bond donors (Lipinski definition) is 1. The van der Waals surface area contributed by atoms with Crippen LogP contribution in [0.15, 0.2) is 6.07 Å². The van der Waals surface area contributed by atoms with Crippen LogP contribution in [0, 0.1) is 30.1 Å². The van der Waals surface area contributed by atoms with Gasteiger partial charge in [-0.2, -0.15) is 5.26 Å². The molecule has 1 aromatic heterocycles. The molecule has 0 radical (unpaired) electrons. The van der Waals surface area contributed by atoms with Gasteiger partial charge in [0.25, 0.3) is 0 Å². The Morgan fingerprint density at radius 3 is 2.79 bits per heavy atom. The van der Waals surface area contributed by atoms with E-state index < -0.39 is 0 Å². The predicted octanol–water partition coefficient (Wildman–Crippen LogP) is 3.12. The second kappa shape index (κ2) is 6.25. The van der Waals surface area contributed by atoms with Gasteiger partial charge in [0, 0.05) is 19.3 Å². The van der Waals surface area contributed by atoms with Gasteiger partial charge in [0.2, 0.25) is 0 Å². The normalized spacial score (nSPS) is 23.3. The average Bonchev–Trinajstić information content (AvgIpc) is 2.69. The molecule has 0 saturated heterocycles. The summed E-state index contributed by atoms with van der Waals surface area (Å²) in [6.45, 7) is 6.45. The zero-order valence-corrected chi connectivity index (χ0v) is 12.4. The maximum absolute atomic E-state index is 9.03. The number of aromatic nitrogens is 1. The summed E-state index contributed by atoms with van der Waals surface area (Å²) in [5.74, 6) is 1.68. The molecule has 1 aliphatic carbocycles. The highest BCUT2D eigenvalue weighted by Crippen LogP contribution is 2.28. The van der Waals surface area contributed by atoms with Gasteiger partial charge >= 0.3 is 0 Å². The Morgan fingerprint density at radius 2 is 2.16 bits per heavy atom.